The van der Waals surface area contributed by atoms with Gasteiger partial charge < -0.3 is 5.41 Å². The first kappa shape index (κ1) is 10.7. The largest absolute Gasteiger partial charge is 0.308 e. The molecule has 0 spiro atoms. The summed E-state index contributed by atoms with van der Waals surface area (Å²) in [6.07, 6.45) is 4.98. The van der Waals surface area contributed by atoms with Crippen molar-refractivity contribution in [1.29, 1.82) is 5.41 Å². The monoisotopic (exact) mass is 287 g/mol. The van der Waals surface area contributed by atoms with Crippen LogP contribution >= 0.6 is 22.6 Å². The predicted octanol–water partition coefficient (Wildman–Crippen LogP) is 3.63. The van der Waals surface area contributed by atoms with Crippen molar-refractivity contribution in [2.45, 2.75) is 26.2 Å². The molecular formula is C11H14IN. The first-order valence-corrected chi connectivity index (χ1v) is 5.65. The second-order valence-corrected chi connectivity index (χ2v) is 4.22. The molecule has 1 rings (SSSR count). The molecular weight excluding hydrogens is 273 g/mol. The zero-order valence-electron chi connectivity index (χ0n) is 7.81. The van der Waals surface area contributed by atoms with Crippen molar-refractivity contribution in [3.05, 3.63) is 32.9 Å². The van der Waals surface area contributed by atoms with Crippen LogP contribution < -0.4 is 0 Å². The van der Waals surface area contributed by atoms with Gasteiger partial charge in [-0.25, -0.2) is 0 Å². The number of nitrogens with one attached hydrogen (secondary N) is 1. The molecule has 1 nitrogen and oxygen atoms in total. The lowest BCUT2D eigenvalue weighted by molar-refractivity contribution is 0.794. The maximum Gasteiger partial charge on any atom is 0.0263 e. The van der Waals surface area contributed by atoms with Crippen molar-refractivity contribution in [3.8, 4) is 0 Å². The Kier molecular flexibility index (Phi) is 4.42. The summed E-state index contributed by atoms with van der Waals surface area (Å²) >= 11 is 2.29. The van der Waals surface area contributed by atoms with E-state index in [1.165, 1.54) is 28.2 Å². The summed E-state index contributed by atoms with van der Waals surface area (Å²) in [4.78, 5) is 0. The van der Waals surface area contributed by atoms with Crippen LogP contribution in [0.3, 0.4) is 0 Å². The molecule has 0 atom stereocenters. The number of hydrogen-bond acceptors (Lipinski definition) is 1. The third kappa shape index (κ3) is 2.79. The van der Waals surface area contributed by atoms with Crippen LogP contribution in [-0.2, 0) is 6.42 Å². The summed E-state index contributed by atoms with van der Waals surface area (Å²) in [6.45, 7) is 2.19. The van der Waals surface area contributed by atoms with Gasteiger partial charge in [0.1, 0.15) is 0 Å². The first-order valence-electron chi connectivity index (χ1n) is 4.57. The SMILES string of the molecule is CCCCc1cccc(I)c1C=N. The molecule has 2 heteroatoms. The van der Waals surface area contributed by atoms with Crippen LogP contribution in [0.4, 0.5) is 0 Å². The summed E-state index contributed by atoms with van der Waals surface area (Å²) in [5, 5.41) is 7.33. The highest BCUT2D eigenvalue weighted by molar-refractivity contribution is 14.1. The van der Waals surface area contributed by atoms with Gasteiger partial charge in [0.2, 0.25) is 0 Å². The Bertz CT molecular complexity index is 294. The van der Waals surface area contributed by atoms with Crippen LogP contribution in [0, 0.1) is 8.98 Å². The molecule has 0 aliphatic carbocycles. The molecule has 1 aromatic rings. The number of halogens is 1. The summed E-state index contributed by atoms with van der Waals surface area (Å²) in [5.41, 5.74) is 2.40. The lowest BCUT2D eigenvalue weighted by atomic mass is 10.0. The van der Waals surface area contributed by atoms with Gasteiger partial charge in [-0.1, -0.05) is 25.5 Å². The molecule has 0 heterocycles. The lowest BCUT2D eigenvalue weighted by Gasteiger charge is -2.06. The van der Waals surface area contributed by atoms with Gasteiger partial charge in [0.05, 0.1) is 0 Å². The van der Waals surface area contributed by atoms with E-state index < -0.39 is 0 Å². The van der Waals surface area contributed by atoms with Crippen LogP contribution in [0.1, 0.15) is 30.9 Å². The van der Waals surface area contributed by atoms with Crippen molar-refractivity contribution in [2.75, 3.05) is 0 Å². The topological polar surface area (TPSA) is 23.9 Å². The molecule has 0 unspecified atom stereocenters. The number of rotatable bonds is 4. The second kappa shape index (κ2) is 5.37. The predicted molar refractivity (Wildman–Crippen MR) is 65.7 cm³/mol. The van der Waals surface area contributed by atoms with Gasteiger partial charge in [0.15, 0.2) is 0 Å². The van der Waals surface area contributed by atoms with Crippen molar-refractivity contribution in [3.63, 3.8) is 0 Å². The Morgan fingerprint density at radius 1 is 1.46 bits per heavy atom. The van der Waals surface area contributed by atoms with Gasteiger partial charge in [-0.3, -0.25) is 0 Å². The number of aryl methyl sites for hydroxylation is 1. The molecule has 0 bridgehead atoms. The third-order valence-corrected chi connectivity index (χ3v) is 3.03. The molecule has 70 valence electrons. The maximum absolute atomic E-state index is 7.33. The molecule has 1 N–H and O–H groups in total. The van der Waals surface area contributed by atoms with Crippen molar-refractivity contribution < 1.29 is 0 Å². The summed E-state index contributed by atoms with van der Waals surface area (Å²) in [5.74, 6) is 0. The Labute approximate surface area is 93.2 Å². The van der Waals surface area contributed by atoms with E-state index in [1.807, 2.05) is 0 Å². The number of hydrogen-bond donors (Lipinski definition) is 1. The number of benzene rings is 1. The van der Waals surface area contributed by atoms with E-state index in [0.29, 0.717) is 0 Å². The first-order chi connectivity index (χ1) is 6.29. The summed E-state index contributed by atoms with van der Waals surface area (Å²) < 4.78 is 1.18. The van der Waals surface area contributed by atoms with Crippen molar-refractivity contribution in [2.24, 2.45) is 0 Å². The van der Waals surface area contributed by atoms with E-state index >= 15 is 0 Å². The van der Waals surface area contributed by atoms with Gasteiger partial charge in [-0.05, 0) is 47.1 Å². The fraction of sp³-hybridized carbons (Fsp3) is 0.364. The average molecular weight is 287 g/mol. The Morgan fingerprint density at radius 2 is 2.23 bits per heavy atom. The fourth-order valence-electron chi connectivity index (χ4n) is 1.33. The highest BCUT2D eigenvalue weighted by Gasteiger charge is 2.02. The van der Waals surface area contributed by atoms with Gasteiger partial charge >= 0.3 is 0 Å². The summed E-state index contributed by atoms with van der Waals surface area (Å²) in [7, 11) is 0. The van der Waals surface area contributed by atoms with E-state index in [1.54, 1.807) is 0 Å². The van der Waals surface area contributed by atoms with Gasteiger partial charge in [-0.2, -0.15) is 0 Å². The van der Waals surface area contributed by atoms with E-state index in [0.717, 1.165) is 12.0 Å². The smallest absolute Gasteiger partial charge is 0.0263 e. The molecule has 0 fully saturated rings. The Balaban J connectivity index is 2.91. The minimum atomic E-state index is 1.09. The van der Waals surface area contributed by atoms with Crippen LogP contribution in [0.5, 0.6) is 0 Å². The molecule has 0 saturated heterocycles. The molecule has 0 aromatic heterocycles. The Morgan fingerprint density at radius 3 is 2.85 bits per heavy atom. The zero-order valence-corrected chi connectivity index (χ0v) is 9.97. The standard InChI is InChI=1S/C11H14IN/c1-2-3-5-9-6-4-7-11(12)10(9)8-13/h4,6-8,13H,2-3,5H2,1H3. The molecule has 0 aliphatic heterocycles. The van der Waals surface area contributed by atoms with Crippen LogP contribution in [0.2, 0.25) is 0 Å². The van der Waals surface area contributed by atoms with E-state index in [2.05, 4.69) is 47.7 Å². The average Bonchev–Trinajstić information content (AvgIpc) is 2.15. The van der Waals surface area contributed by atoms with Gasteiger partial charge in [-0.15, -0.1) is 0 Å². The van der Waals surface area contributed by atoms with E-state index in [9.17, 15) is 0 Å². The van der Waals surface area contributed by atoms with E-state index in [4.69, 9.17) is 5.41 Å². The summed E-state index contributed by atoms with van der Waals surface area (Å²) in [6, 6.07) is 6.24. The minimum Gasteiger partial charge on any atom is -0.308 e. The quantitative estimate of drug-likeness (QED) is 0.646. The normalized spacial score (nSPS) is 10.0. The highest BCUT2D eigenvalue weighted by Crippen LogP contribution is 2.16. The second-order valence-electron chi connectivity index (χ2n) is 3.06. The highest BCUT2D eigenvalue weighted by atomic mass is 127. The number of unbranched alkanes of at least 4 members (excludes halogenated alkanes) is 1. The molecule has 1 aromatic carbocycles. The maximum atomic E-state index is 7.33. The zero-order chi connectivity index (χ0) is 9.68. The van der Waals surface area contributed by atoms with Gasteiger partial charge in [0, 0.05) is 15.3 Å². The molecule has 0 amide bonds. The van der Waals surface area contributed by atoms with Crippen LogP contribution in [-0.4, -0.2) is 6.21 Å². The molecule has 0 saturated carbocycles. The molecule has 0 aliphatic rings. The molecule has 0 radical (unpaired) electrons. The third-order valence-electron chi connectivity index (χ3n) is 2.09. The van der Waals surface area contributed by atoms with Crippen molar-refractivity contribution in [1.82, 2.24) is 0 Å². The van der Waals surface area contributed by atoms with Crippen LogP contribution in [0.15, 0.2) is 18.2 Å². The van der Waals surface area contributed by atoms with E-state index in [-0.39, 0.29) is 0 Å². The molecule has 13 heavy (non-hydrogen) atoms. The minimum absolute atomic E-state index is 1.09. The lowest BCUT2D eigenvalue weighted by Crippen LogP contribution is -1.95. The Hall–Kier alpha value is -0.380. The fourth-order valence-corrected chi connectivity index (χ4v) is 2.04. The van der Waals surface area contributed by atoms with Crippen LogP contribution in [0.25, 0.3) is 0 Å². The van der Waals surface area contributed by atoms with Gasteiger partial charge in [0.25, 0.3) is 0 Å². The van der Waals surface area contributed by atoms with Crippen molar-refractivity contribution >= 4 is 28.8 Å².